The first-order valence-corrected chi connectivity index (χ1v) is 12.8. The maximum atomic E-state index is 12.5. The molecule has 0 saturated carbocycles. The molecule has 0 unspecified atom stereocenters. The third kappa shape index (κ3) is 3.36. The average molecular weight is 441 g/mol. The summed E-state index contributed by atoms with van der Waals surface area (Å²) in [6.07, 6.45) is 0. The third-order valence-electron chi connectivity index (χ3n) is 3.96. The van der Waals surface area contributed by atoms with Crippen molar-refractivity contribution in [3.8, 4) is 0 Å². The molecule has 0 aromatic heterocycles. The third-order valence-corrected chi connectivity index (χ3v) is 12.9. The molecular weight excluding hydrogens is 423 g/mol. The number of hydrogen-bond acceptors (Lipinski definition) is 1. The molecular formula is C21H18AsBrO. The maximum absolute atomic E-state index is 12.5. The zero-order valence-electron chi connectivity index (χ0n) is 13.2. The van der Waals surface area contributed by atoms with Crippen molar-refractivity contribution >= 4 is 52.7 Å². The molecule has 0 atom stereocenters. The van der Waals surface area contributed by atoms with E-state index in [1.807, 2.05) is 23.0 Å². The molecule has 0 bridgehead atoms. The van der Waals surface area contributed by atoms with Gasteiger partial charge in [-0.1, -0.05) is 0 Å². The molecule has 3 aromatic carbocycles. The second kappa shape index (κ2) is 7.87. The van der Waals surface area contributed by atoms with Crippen molar-refractivity contribution < 1.29 is 4.79 Å². The van der Waals surface area contributed by atoms with Gasteiger partial charge in [-0.3, -0.25) is 0 Å². The van der Waals surface area contributed by atoms with Crippen LogP contribution in [0.3, 0.4) is 0 Å². The number of hydrogen-bond donors (Lipinski definition) is 0. The normalized spacial score (nSPS) is 11.0. The van der Waals surface area contributed by atoms with Crippen molar-refractivity contribution in [2.24, 2.45) is 0 Å². The minimum atomic E-state index is -2.97. The summed E-state index contributed by atoms with van der Waals surface area (Å²) in [6, 6.07) is 31.4. The fourth-order valence-electron chi connectivity index (χ4n) is 2.91. The molecule has 1 nitrogen and oxygen atoms in total. The van der Waals surface area contributed by atoms with Crippen LogP contribution in [0.2, 0.25) is 0 Å². The van der Waals surface area contributed by atoms with Crippen LogP contribution >= 0.6 is 15.9 Å². The van der Waals surface area contributed by atoms with Crippen LogP contribution in [-0.4, -0.2) is 29.0 Å². The number of carbonyl (C=O) groups is 1. The number of ketones is 1. The van der Waals surface area contributed by atoms with Gasteiger partial charge >= 0.3 is 154 Å². The van der Waals surface area contributed by atoms with Crippen LogP contribution in [0.25, 0.3) is 0 Å². The fourth-order valence-corrected chi connectivity index (χ4v) is 11.6. The van der Waals surface area contributed by atoms with Gasteiger partial charge in [0.15, 0.2) is 0 Å². The van der Waals surface area contributed by atoms with E-state index in [4.69, 9.17) is 0 Å². The topological polar surface area (TPSA) is 17.1 Å². The molecule has 0 spiro atoms. The van der Waals surface area contributed by atoms with Crippen molar-refractivity contribution in [3.63, 3.8) is 0 Å². The molecule has 0 amide bonds. The Balaban J connectivity index is 2.42. The SMILES string of the molecule is O=C(C=[As](c1ccccc1)(c1ccccc1)c1ccccc1)CBr. The Morgan fingerprint density at radius 3 is 1.33 bits per heavy atom. The van der Waals surface area contributed by atoms with Crippen molar-refractivity contribution in [2.45, 2.75) is 0 Å². The summed E-state index contributed by atoms with van der Waals surface area (Å²) in [7, 11) is 0. The molecule has 3 aromatic rings. The summed E-state index contributed by atoms with van der Waals surface area (Å²) in [5, 5.41) is 0.350. The number of alkyl halides is 1. The fraction of sp³-hybridized carbons (Fsp3) is 0.0476. The van der Waals surface area contributed by atoms with E-state index < -0.39 is 13.1 Å². The standard InChI is InChI=1S/C21H18AsBrO/c23-17-21(24)16-22(18-10-4-1-5-11-18,19-12-6-2-7-13-19)20-14-8-3-9-15-20/h1-16H,17H2. The number of halogens is 1. The summed E-state index contributed by atoms with van der Waals surface area (Å²) in [4.78, 5) is 14.5. The van der Waals surface area contributed by atoms with Gasteiger partial charge in [0, 0.05) is 0 Å². The van der Waals surface area contributed by atoms with Gasteiger partial charge in [0.1, 0.15) is 0 Å². The first-order chi connectivity index (χ1) is 11.8. The molecule has 0 aliphatic heterocycles. The van der Waals surface area contributed by atoms with Crippen LogP contribution in [0.5, 0.6) is 0 Å². The number of benzene rings is 3. The molecule has 120 valence electrons. The molecule has 3 heteroatoms. The average Bonchev–Trinajstić information content (AvgIpc) is 2.68. The van der Waals surface area contributed by atoms with E-state index in [-0.39, 0.29) is 5.78 Å². The number of Topliss-reactive ketones (excluding diaryl/α,β-unsaturated/α-hetero) is 1. The van der Waals surface area contributed by atoms with Gasteiger partial charge in [0.2, 0.25) is 0 Å². The summed E-state index contributed by atoms with van der Waals surface area (Å²) in [5.41, 5.74) is 0. The molecule has 0 radical (unpaired) electrons. The molecule has 0 aliphatic rings. The Kier molecular flexibility index (Phi) is 5.60. The summed E-state index contributed by atoms with van der Waals surface area (Å²) < 4.78 is 3.76. The Morgan fingerprint density at radius 2 is 1.04 bits per heavy atom. The van der Waals surface area contributed by atoms with E-state index in [1.165, 1.54) is 13.1 Å². The Labute approximate surface area is 153 Å². The van der Waals surface area contributed by atoms with E-state index in [0.717, 1.165) is 0 Å². The van der Waals surface area contributed by atoms with Gasteiger partial charge in [-0.2, -0.15) is 0 Å². The summed E-state index contributed by atoms with van der Waals surface area (Å²) in [6.45, 7) is 0. The molecule has 0 fully saturated rings. The molecule has 0 saturated heterocycles. The van der Waals surface area contributed by atoms with E-state index in [2.05, 4.69) is 88.7 Å². The van der Waals surface area contributed by atoms with Crippen LogP contribution in [0.15, 0.2) is 91.0 Å². The van der Waals surface area contributed by atoms with Crippen molar-refractivity contribution in [2.75, 3.05) is 5.33 Å². The van der Waals surface area contributed by atoms with Gasteiger partial charge in [-0.25, -0.2) is 0 Å². The van der Waals surface area contributed by atoms with Crippen LogP contribution in [-0.2, 0) is 4.79 Å². The predicted molar refractivity (Wildman–Crippen MR) is 109 cm³/mol. The van der Waals surface area contributed by atoms with Gasteiger partial charge in [0.05, 0.1) is 0 Å². The predicted octanol–water partition coefficient (Wildman–Crippen LogP) is 2.50. The van der Waals surface area contributed by atoms with E-state index in [1.54, 1.807) is 0 Å². The van der Waals surface area contributed by atoms with E-state index in [0.29, 0.717) is 5.33 Å². The second-order valence-corrected chi connectivity index (χ2v) is 12.8. The van der Waals surface area contributed by atoms with Gasteiger partial charge in [-0.15, -0.1) is 0 Å². The van der Waals surface area contributed by atoms with E-state index in [9.17, 15) is 4.79 Å². The summed E-state index contributed by atoms with van der Waals surface area (Å²) in [5.74, 6) is 0.138. The summed E-state index contributed by atoms with van der Waals surface area (Å²) >= 11 is 0.366. The van der Waals surface area contributed by atoms with Gasteiger partial charge < -0.3 is 0 Å². The first-order valence-electron chi connectivity index (χ1n) is 7.77. The first kappa shape index (κ1) is 17.1. The zero-order chi connectivity index (χ0) is 16.8. The van der Waals surface area contributed by atoms with Crippen LogP contribution in [0.4, 0.5) is 0 Å². The monoisotopic (exact) mass is 440 g/mol. The van der Waals surface area contributed by atoms with Crippen molar-refractivity contribution in [1.82, 2.24) is 0 Å². The quantitative estimate of drug-likeness (QED) is 0.440. The van der Waals surface area contributed by atoms with Crippen molar-refractivity contribution in [1.29, 1.82) is 0 Å². The number of carbonyl (C=O) groups excluding carboxylic acids is 1. The molecule has 24 heavy (non-hydrogen) atoms. The van der Waals surface area contributed by atoms with Crippen LogP contribution < -0.4 is 13.1 Å². The number of rotatable bonds is 5. The van der Waals surface area contributed by atoms with Crippen molar-refractivity contribution in [3.05, 3.63) is 91.0 Å². The van der Waals surface area contributed by atoms with Gasteiger partial charge in [-0.05, 0) is 0 Å². The van der Waals surface area contributed by atoms with Crippen LogP contribution in [0.1, 0.15) is 0 Å². The zero-order valence-corrected chi connectivity index (χ0v) is 16.6. The second-order valence-electron chi connectivity index (χ2n) is 5.46. The molecule has 0 heterocycles. The molecule has 0 N–H and O–H groups in total. The Bertz CT molecular complexity index is 755. The molecule has 0 aliphatic carbocycles. The van der Waals surface area contributed by atoms with Gasteiger partial charge in [0.25, 0.3) is 0 Å². The Morgan fingerprint density at radius 1 is 0.708 bits per heavy atom. The van der Waals surface area contributed by atoms with Crippen LogP contribution in [0, 0.1) is 0 Å². The molecule has 3 rings (SSSR count). The van der Waals surface area contributed by atoms with E-state index >= 15 is 0 Å². The minimum absolute atomic E-state index is 0.138. The Hall–Kier alpha value is -1.76.